The summed E-state index contributed by atoms with van der Waals surface area (Å²) in [6, 6.07) is 20.6. The van der Waals surface area contributed by atoms with Crippen LogP contribution in [0.3, 0.4) is 0 Å². The summed E-state index contributed by atoms with van der Waals surface area (Å²) in [5, 5.41) is 12.4. The Morgan fingerprint density at radius 1 is 1.00 bits per heavy atom. The number of carbonyl (C=O) groups is 1. The Kier molecular flexibility index (Phi) is 4.93. The molecule has 0 saturated carbocycles. The van der Waals surface area contributed by atoms with E-state index in [2.05, 4.69) is 5.32 Å². The fourth-order valence-corrected chi connectivity index (χ4v) is 2.64. The van der Waals surface area contributed by atoms with Crippen LogP contribution in [0, 0.1) is 0 Å². The molecule has 1 amide bonds. The Hall–Kier alpha value is -3.05. The molecule has 3 N–H and O–H groups in total. The van der Waals surface area contributed by atoms with Crippen LogP contribution in [0.2, 0.25) is 0 Å². The zero-order chi connectivity index (χ0) is 16.8. The number of hydrogen-bond acceptors (Lipinski definition) is 4. The molecule has 0 radical (unpaired) electrons. The third-order valence-electron chi connectivity index (χ3n) is 3.77. The molecular weight excluding hydrogens is 304 g/mol. The quantitative estimate of drug-likeness (QED) is 0.479. The van der Waals surface area contributed by atoms with E-state index in [0.29, 0.717) is 6.54 Å². The zero-order valence-electron chi connectivity index (χ0n) is 13.0. The highest BCUT2D eigenvalue weighted by atomic mass is 16.5. The molecule has 0 aliphatic carbocycles. The molecule has 5 nitrogen and oxygen atoms in total. The number of furan rings is 1. The second-order valence-electron chi connectivity index (χ2n) is 5.38. The average Bonchev–Trinajstić information content (AvgIpc) is 3.15. The number of carbonyl (C=O) groups excluding carboxylic acids is 1. The molecule has 122 valence electrons. The summed E-state index contributed by atoms with van der Waals surface area (Å²) in [7, 11) is 0. The third-order valence-corrected chi connectivity index (χ3v) is 3.77. The fourth-order valence-electron chi connectivity index (χ4n) is 2.64. The minimum atomic E-state index is -0.582. The van der Waals surface area contributed by atoms with E-state index in [-0.39, 0.29) is 0 Å². The van der Waals surface area contributed by atoms with E-state index in [4.69, 9.17) is 9.62 Å². The Morgan fingerprint density at radius 3 is 2.50 bits per heavy atom. The van der Waals surface area contributed by atoms with Gasteiger partial charge < -0.3 is 9.73 Å². The van der Waals surface area contributed by atoms with E-state index >= 15 is 0 Å². The van der Waals surface area contributed by atoms with Gasteiger partial charge in [-0.1, -0.05) is 42.5 Å². The minimum absolute atomic E-state index is 0.468. The van der Waals surface area contributed by atoms with E-state index in [1.54, 1.807) is 11.7 Å². The van der Waals surface area contributed by atoms with Crippen LogP contribution in [0.1, 0.15) is 22.8 Å². The molecule has 1 aromatic heterocycles. The summed E-state index contributed by atoms with van der Waals surface area (Å²) >= 11 is 0. The van der Waals surface area contributed by atoms with Crippen molar-refractivity contribution in [3.05, 3.63) is 89.9 Å². The van der Waals surface area contributed by atoms with E-state index in [1.807, 2.05) is 66.7 Å². The lowest BCUT2D eigenvalue weighted by Crippen LogP contribution is -2.27. The van der Waals surface area contributed by atoms with Crippen molar-refractivity contribution in [2.45, 2.75) is 12.5 Å². The summed E-state index contributed by atoms with van der Waals surface area (Å²) in [6.45, 7) is 0.554. The van der Waals surface area contributed by atoms with Gasteiger partial charge in [0.15, 0.2) is 0 Å². The van der Waals surface area contributed by atoms with Gasteiger partial charge in [0.1, 0.15) is 5.76 Å². The van der Waals surface area contributed by atoms with Crippen molar-refractivity contribution in [3.63, 3.8) is 0 Å². The van der Waals surface area contributed by atoms with Crippen molar-refractivity contribution in [2.75, 3.05) is 5.32 Å². The molecule has 0 bridgehead atoms. The lowest BCUT2D eigenvalue weighted by molar-refractivity contribution is -0.129. The molecule has 0 aliphatic rings. The Balaban J connectivity index is 1.85. The van der Waals surface area contributed by atoms with Crippen LogP contribution >= 0.6 is 0 Å². The largest absolute Gasteiger partial charge is 0.467 e. The summed E-state index contributed by atoms with van der Waals surface area (Å²) in [6.07, 6.45) is 1.63. The zero-order valence-corrected chi connectivity index (χ0v) is 13.0. The minimum Gasteiger partial charge on any atom is -0.467 e. The third kappa shape index (κ3) is 3.64. The van der Waals surface area contributed by atoms with Gasteiger partial charge in [0.25, 0.3) is 5.91 Å². The van der Waals surface area contributed by atoms with Crippen LogP contribution < -0.4 is 10.8 Å². The van der Waals surface area contributed by atoms with Gasteiger partial charge >= 0.3 is 0 Å². The second-order valence-corrected chi connectivity index (χ2v) is 5.38. The highest BCUT2D eigenvalue weighted by Gasteiger charge is 2.22. The molecule has 2 aromatic carbocycles. The molecule has 1 unspecified atom stereocenters. The van der Waals surface area contributed by atoms with Crippen molar-refractivity contribution in [1.29, 1.82) is 0 Å². The van der Waals surface area contributed by atoms with Crippen LogP contribution in [0.5, 0.6) is 0 Å². The smallest absolute Gasteiger partial charge is 0.255 e. The first-order valence-electron chi connectivity index (χ1n) is 7.63. The van der Waals surface area contributed by atoms with Crippen LogP contribution in [-0.2, 0) is 11.3 Å². The predicted molar refractivity (Wildman–Crippen MR) is 90.7 cm³/mol. The number of benzene rings is 2. The maximum atomic E-state index is 12.2. The molecule has 0 saturated heterocycles. The topological polar surface area (TPSA) is 74.5 Å². The molecule has 1 atom stereocenters. The van der Waals surface area contributed by atoms with Gasteiger partial charge in [0.2, 0.25) is 0 Å². The van der Waals surface area contributed by atoms with Gasteiger partial charge in [-0.25, -0.2) is 5.48 Å². The molecule has 5 heteroatoms. The first-order chi connectivity index (χ1) is 11.8. The van der Waals surface area contributed by atoms with Crippen LogP contribution in [0.15, 0.2) is 77.4 Å². The Labute approximate surface area is 139 Å². The SMILES string of the molecule is O=C(NO)C(c1ccccc1)c1cccc(NCc2ccco2)c1. The number of rotatable bonds is 6. The maximum Gasteiger partial charge on any atom is 0.255 e. The van der Waals surface area contributed by atoms with E-state index in [1.165, 1.54) is 0 Å². The van der Waals surface area contributed by atoms with Crippen molar-refractivity contribution < 1.29 is 14.4 Å². The number of nitrogens with one attached hydrogen (secondary N) is 2. The summed E-state index contributed by atoms with van der Waals surface area (Å²) in [5.41, 5.74) is 4.23. The lowest BCUT2D eigenvalue weighted by Gasteiger charge is -2.17. The lowest BCUT2D eigenvalue weighted by atomic mass is 9.90. The van der Waals surface area contributed by atoms with E-state index < -0.39 is 11.8 Å². The Morgan fingerprint density at radius 2 is 1.79 bits per heavy atom. The monoisotopic (exact) mass is 322 g/mol. The van der Waals surface area contributed by atoms with Gasteiger partial charge in [-0.2, -0.15) is 0 Å². The van der Waals surface area contributed by atoms with Crippen molar-refractivity contribution in [3.8, 4) is 0 Å². The van der Waals surface area contributed by atoms with Crippen LogP contribution in [-0.4, -0.2) is 11.1 Å². The van der Waals surface area contributed by atoms with Crippen molar-refractivity contribution in [2.24, 2.45) is 0 Å². The number of amides is 1. The first kappa shape index (κ1) is 15.8. The summed E-state index contributed by atoms with van der Waals surface area (Å²) in [5.74, 6) is -0.223. The molecule has 24 heavy (non-hydrogen) atoms. The fraction of sp³-hybridized carbons (Fsp3) is 0.105. The molecular formula is C19H18N2O3. The second kappa shape index (κ2) is 7.48. The molecule has 1 heterocycles. The normalized spacial score (nSPS) is 11.7. The van der Waals surface area contributed by atoms with Gasteiger partial charge in [-0.15, -0.1) is 0 Å². The predicted octanol–water partition coefficient (Wildman–Crippen LogP) is 3.53. The highest BCUT2D eigenvalue weighted by molar-refractivity contribution is 5.86. The highest BCUT2D eigenvalue weighted by Crippen LogP contribution is 2.27. The number of hydrogen-bond donors (Lipinski definition) is 3. The standard InChI is InChI=1S/C19H18N2O3/c22-19(21-23)18(14-6-2-1-3-7-14)15-8-4-9-16(12-15)20-13-17-10-5-11-24-17/h1-12,18,20,23H,13H2,(H,21,22). The summed E-state index contributed by atoms with van der Waals surface area (Å²) in [4.78, 5) is 12.2. The van der Waals surface area contributed by atoms with Crippen molar-refractivity contribution in [1.82, 2.24) is 5.48 Å². The molecule has 0 aliphatic heterocycles. The summed E-state index contributed by atoms with van der Waals surface area (Å²) < 4.78 is 5.30. The van der Waals surface area contributed by atoms with Crippen LogP contribution in [0.4, 0.5) is 5.69 Å². The number of hydroxylamine groups is 1. The van der Waals surface area contributed by atoms with Gasteiger partial charge in [-0.3, -0.25) is 10.0 Å². The molecule has 3 aromatic rings. The Bertz CT molecular complexity index is 785. The number of anilines is 1. The van der Waals surface area contributed by atoms with Gasteiger partial charge in [0, 0.05) is 5.69 Å². The maximum absolute atomic E-state index is 12.2. The van der Waals surface area contributed by atoms with Gasteiger partial charge in [0.05, 0.1) is 18.7 Å². The molecule has 0 fully saturated rings. The average molecular weight is 322 g/mol. The molecule has 3 rings (SSSR count). The molecule has 0 spiro atoms. The van der Waals surface area contributed by atoms with Crippen LogP contribution in [0.25, 0.3) is 0 Å². The first-order valence-corrected chi connectivity index (χ1v) is 7.63. The van der Waals surface area contributed by atoms with Crippen molar-refractivity contribution >= 4 is 11.6 Å². The van der Waals surface area contributed by atoms with Gasteiger partial charge in [-0.05, 0) is 35.4 Å². The van der Waals surface area contributed by atoms with E-state index in [0.717, 1.165) is 22.6 Å². The van der Waals surface area contributed by atoms with E-state index in [9.17, 15) is 4.79 Å².